The van der Waals surface area contributed by atoms with Crippen LogP contribution in [0.25, 0.3) is 5.57 Å². The van der Waals surface area contributed by atoms with Crippen molar-refractivity contribution >= 4 is 11.4 Å². The third-order valence-corrected chi connectivity index (χ3v) is 7.86. The highest BCUT2D eigenvalue weighted by Crippen LogP contribution is 2.34. The molecule has 1 fully saturated rings. The topological polar surface area (TPSA) is 37.8 Å². The van der Waals surface area contributed by atoms with Gasteiger partial charge in [-0.05, 0) is 84.7 Å². The number of hydrogen-bond donors (Lipinski definition) is 0. The zero-order valence-electron chi connectivity index (χ0n) is 23.4. The summed E-state index contributed by atoms with van der Waals surface area (Å²) in [6, 6.07) is 19.3. The normalized spacial score (nSPS) is 16.1. The molecule has 0 amide bonds. The van der Waals surface area contributed by atoms with Gasteiger partial charge in [-0.1, -0.05) is 43.7 Å². The molecule has 5 heteroatoms. The Morgan fingerprint density at radius 2 is 1.79 bits per heavy atom. The van der Waals surface area contributed by atoms with Gasteiger partial charge in [0.2, 0.25) is 0 Å². The number of aryl methyl sites for hydroxylation is 1. The van der Waals surface area contributed by atoms with Crippen molar-refractivity contribution in [2.24, 2.45) is 5.92 Å². The van der Waals surface area contributed by atoms with E-state index in [1.165, 1.54) is 22.3 Å². The molecule has 0 N–H and O–H groups in total. The van der Waals surface area contributed by atoms with Gasteiger partial charge in [0.05, 0.1) is 7.11 Å². The molecular formula is C33H41N3O2. The lowest BCUT2D eigenvalue weighted by molar-refractivity contribution is 0.275. The monoisotopic (exact) mass is 511 g/mol. The highest BCUT2D eigenvalue weighted by Gasteiger charge is 2.22. The summed E-state index contributed by atoms with van der Waals surface area (Å²) in [7, 11) is 1.74. The van der Waals surface area contributed by atoms with Gasteiger partial charge in [-0.2, -0.15) is 0 Å². The minimum atomic E-state index is 0.508. The van der Waals surface area contributed by atoms with E-state index >= 15 is 0 Å². The number of benzene rings is 2. The minimum absolute atomic E-state index is 0.508. The molecule has 1 aliphatic carbocycles. The standard InChI is InChI=1S/C33H41N3O2/c1-24(2)19-26-8-9-29(32(20-26)37-4)23-38-30-12-13-31-25(3)28(11-10-27(31)21-30)22-35-15-17-36(18-16-35)33-7-5-6-14-34-33/h5-9,12-14,20-21,24H,10-11,15-19,22-23H2,1-4H3. The second kappa shape index (κ2) is 12.0. The summed E-state index contributed by atoms with van der Waals surface area (Å²) in [5, 5.41) is 0. The van der Waals surface area contributed by atoms with Gasteiger partial charge >= 0.3 is 0 Å². The first-order valence-corrected chi connectivity index (χ1v) is 14.0. The van der Waals surface area contributed by atoms with Gasteiger partial charge < -0.3 is 14.4 Å². The van der Waals surface area contributed by atoms with Crippen molar-refractivity contribution in [3.63, 3.8) is 0 Å². The zero-order valence-corrected chi connectivity index (χ0v) is 23.4. The van der Waals surface area contributed by atoms with Crippen molar-refractivity contribution in [3.8, 4) is 11.5 Å². The maximum Gasteiger partial charge on any atom is 0.128 e. The highest BCUT2D eigenvalue weighted by atomic mass is 16.5. The molecule has 2 aliphatic rings. The van der Waals surface area contributed by atoms with E-state index in [9.17, 15) is 0 Å². The molecule has 38 heavy (non-hydrogen) atoms. The predicted molar refractivity (Wildman–Crippen MR) is 156 cm³/mol. The van der Waals surface area contributed by atoms with E-state index < -0.39 is 0 Å². The Morgan fingerprint density at radius 3 is 2.53 bits per heavy atom. The minimum Gasteiger partial charge on any atom is -0.496 e. The summed E-state index contributed by atoms with van der Waals surface area (Å²) in [4.78, 5) is 9.51. The number of anilines is 1. The number of fused-ring (bicyclic) bond motifs is 1. The molecule has 0 unspecified atom stereocenters. The van der Waals surface area contributed by atoms with Gasteiger partial charge in [-0.15, -0.1) is 0 Å². The van der Waals surface area contributed by atoms with Gasteiger partial charge in [0.15, 0.2) is 0 Å². The van der Waals surface area contributed by atoms with Gasteiger partial charge in [-0.25, -0.2) is 4.98 Å². The van der Waals surface area contributed by atoms with Crippen molar-refractivity contribution in [3.05, 3.63) is 88.6 Å². The summed E-state index contributed by atoms with van der Waals surface area (Å²) in [6.45, 7) is 12.6. The lowest BCUT2D eigenvalue weighted by atomic mass is 9.86. The van der Waals surface area contributed by atoms with E-state index in [2.05, 4.69) is 84.1 Å². The van der Waals surface area contributed by atoms with Gasteiger partial charge in [0.25, 0.3) is 0 Å². The Bertz CT molecular complexity index is 1260. The fourth-order valence-corrected chi connectivity index (χ4v) is 5.71. The number of pyridine rings is 1. The molecule has 0 saturated carbocycles. The van der Waals surface area contributed by atoms with Crippen LogP contribution in [0.3, 0.4) is 0 Å². The van der Waals surface area contributed by atoms with Crippen molar-refractivity contribution in [1.82, 2.24) is 9.88 Å². The van der Waals surface area contributed by atoms with E-state index in [1.54, 1.807) is 12.7 Å². The van der Waals surface area contributed by atoms with Crippen LogP contribution in [0.2, 0.25) is 0 Å². The molecule has 2 aromatic carbocycles. The predicted octanol–water partition coefficient (Wildman–Crippen LogP) is 6.41. The van der Waals surface area contributed by atoms with Crippen LogP contribution >= 0.6 is 0 Å². The van der Waals surface area contributed by atoms with Gasteiger partial charge in [0.1, 0.15) is 23.9 Å². The number of aromatic nitrogens is 1. The summed E-state index contributed by atoms with van der Waals surface area (Å²) in [6.07, 6.45) is 5.13. The summed E-state index contributed by atoms with van der Waals surface area (Å²) >= 11 is 0. The number of hydrogen-bond acceptors (Lipinski definition) is 5. The molecule has 0 radical (unpaired) electrons. The molecule has 3 aromatic rings. The molecule has 5 nitrogen and oxygen atoms in total. The maximum atomic E-state index is 6.24. The summed E-state index contributed by atoms with van der Waals surface area (Å²) in [5.41, 5.74) is 8.17. The van der Waals surface area contributed by atoms with Crippen molar-refractivity contribution in [2.45, 2.75) is 46.6 Å². The van der Waals surface area contributed by atoms with Crippen LogP contribution in [-0.2, 0) is 19.4 Å². The van der Waals surface area contributed by atoms with Crippen LogP contribution in [0.4, 0.5) is 5.82 Å². The van der Waals surface area contributed by atoms with Crippen LogP contribution in [-0.4, -0.2) is 49.7 Å². The molecule has 5 rings (SSSR count). The smallest absolute Gasteiger partial charge is 0.128 e. The Hall–Kier alpha value is -3.31. The first-order chi connectivity index (χ1) is 18.5. The molecule has 0 spiro atoms. The van der Waals surface area contributed by atoms with Crippen molar-refractivity contribution < 1.29 is 9.47 Å². The molecule has 0 atom stereocenters. The van der Waals surface area contributed by atoms with Crippen molar-refractivity contribution in [2.75, 3.05) is 44.7 Å². The maximum absolute atomic E-state index is 6.24. The average molecular weight is 512 g/mol. The highest BCUT2D eigenvalue weighted by molar-refractivity contribution is 5.72. The van der Waals surface area contributed by atoms with Crippen LogP contribution in [0.1, 0.15) is 49.4 Å². The van der Waals surface area contributed by atoms with E-state index in [0.717, 1.165) is 74.9 Å². The molecular weight excluding hydrogens is 470 g/mol. The molecule has 200 valence electrons. The molecule has 1 aromatic heterocycles. The van der Waals surface area contributed by atoms with E-state index in [0.29, 0.717) is 12.5 Å². The van der Waals surface area contributed by atoms with E-state index in [-0.39, 0.29) is 0 Å². The second-order valence-electron chi connectivity index (χ2n) is 11.0. The molecule has 2 heterocycles. The Morgan fingerprint density at radius 1 is 0.947 bits per heavy atom. The Labute approximate surface area is 228 Å². The van der Waals surface area contributed by atoms with Gasteiger partial charge in [-0.3, -0.25) is 4.90 Å². The first-order valence-electron chi connectivity index (χ1n) is 14.0. The number of rotatable bonds is 9. The second-order valence-corrected chi connectivity index (χ2v) is 11.0. The lowest BCUT2D eigenvalue weighted by Crippen LogP contribution is -2.47. The van der Waals surface area contributed by atoms with Crippen LogP contribution in [0, 0.1) is 5.92 Å². The Balaban J connectivity index is 1.20. The van der Waals surface area contributed by atoms with E-state index in [4.69, 9.17) is 9.47 Å². The number of ether oxygens (including phenoxy) is 2. The van der Waals surface area contributed by atoms with E-state index in [1.807, 2.05) is 12.3 Å². The third kappa shape index (κ3) is 6.21. The first kappa shape index (κ1) is 26.3. The Kier molecular flexibility index (Phi) is 8.33. The van der Waals surface area contributed by atoms with Crippen LogP contribution in [0.5, 0.6) is 11.5 Å². The average Bonchev–Trinajstić information content (AvgIpc) is 2.94. The van der Waals surface area contributed by atoms with Crippen LogP contribution < -0.4 is 14.4 Å². The van der Waals surface area contributed by atoms with Crippen molar-refractivity contribution in [1.29, 1.82) is 0 Å². The quantitative estimate of drug-likeness (QED) is 0.332. The van der Waals surface area contributed by atoms with Gasteiger partial charge in [0, 0.05) is 44.5 Å². The number of methoxy groups -OCH3 is 1. The molecule has 1 saturated heterocycles. The summed E-state index contributed by atoms with van der Waals surface area (Å²) < 4.78 is 11.9. The lowest BCUT2D eigenvalue weighted by Gasteiger charge is -2.36. The fraction of sp³-hybridized carbons (Fsp3) is 0.424. The molecule has 1 aliphatic heterocycles. The number of piperazine rings is 1. The third-order valence-electron chi connectivity index (χ3n) is 7.86. The molecule has 0 bridgehead atoms. The van der Waals surface area contributed by atoms with Crippen LogP contribution in [0.15, 0.2) is 66.4 Å². The number of nitrogens with zero attached hydrogens (tertiary/aromatic N) is 3. The SMILES string of the molecule is COc1cc(CC(C)C)ccc1COc1ccc2c(c1)CCC(CN1CCN(c3ccccn3)CC1)=C2C. The zero-order chi connectivity index (χ0) is 26.5. The fourth-order valence-electron chi connectivity index (χ4n) is 5.71. The largest absolute Gasteiger partial charge is 0.496 e. The number of allylic oxidation sites excluding steroid dienone is 1. The summed E-state index contributed by atoms with van der Waals surface area (Å²) in [5.74, 6) is 3.55.